The second-order valence-electron chi connectivity index (χ2n) is 4.26. The number of fused-ring (bicyclic) bond motifs is 5. The average Bonchev–Trinajstić information content (AvgIpc) is 2.85. The van der Waals surface area contributed by atoms with Crippen molar-refractivity contribution in [2.75, 3.05) is 5.32 Å². The topological polar surface area (TPSA) is 12.0 Å². The van der Waals surface area contributed by atoms with Gasteiger partial charge >= 0.3 is 0 Å². The number of benzene rings is 2. The summed E-state index contributed by atoms with van der Waals surface area (Å²) in [6.45, 7) is 0. The van der Waals surface area contributed by atoms with Crippen LogP contribution < -0.4 is 5.32 Å². The third-order valence-corrected chi connectivity index (χ3v) is 3.38. The third kappa shape index (κ3) is 1.43. The molecule has 80 valence electrons. The molecule has 1 aliphatic carbocycles. The van der Waals surface area contributed by atoms with Crippen LogP contribution in [0.3, 0.4) is 0 Å². The van der Waals surface area contributed by atoms with Gasteiger partial charge in [-0.3, -0.25) is 0 Å². The zero-order chi connectivity index (χ0) is 10.5. The summed E-state index contributed by atoms with van der Waals surface area (Å²) in [5.41, 5.74) is 6.52. The van der Waals surface area contributed by atoms with E-state index in [-0.39, 0.29) is 21.7 Å². The minimum absolute atomic E-state index is 0. The molecular formula is C15H10NTi-. The van der Waals surface area contributed by atoms with Crippen molar-refractivity contribution >= 4 is 17.3 Å². The minimum atomic E-state index is 0. The van der Waals surface area contributed by atoms with E-state index in [4.69, 9.17) is 0 Å². The average molecular weight is 252 g/mol. The summed E-state index contributed by atoms with van der Waals surface area (Å²) in [6, 6.07) is 18.3. The van der Waals surface area contributed by atoms with Gasteiger partial charge in [0, 0.05) is 33.4 Å². The van der Waals surface area contributed by atoms with Crippen molar-refractivity contribution in [3.8, 4) is 0 Å². The summed E-state index contributed by atoms with van der Waals surface area (Å²) >= 11 is 0. The summed E-state index contributed by atoms with van der Waals surface area (Å²) in [5, 5.41) is 3.56. The predicted molar refractivity (Wildman–Crippen MR) is 66.0 cm³/mol. The molecule has 4 rings (SSSR count). The van der Waals surface area contributed by atoms with E-state index in [1.165, 1.54) is 28.0 Å². The van der Waals surface area contributed by atoms with Crippen LogP contribution in [0, 0.1) is 6.07 Å². The zero-order valence-corrected chi connectivity index (χ0v) is 10.8. The molecule has 1 aliphatic heterocycles. The Labute approximate surface area is 115 Å². The fourth-order valence-electron chi connectivity index (χ4n) is 2.65. The van der Waals surface area contributed by atoms with E-state index < -0.39 is 0 Å². The monoisotopic (exact) mass is 252 g/mol. The molecule has 1 atom stereocenters. The van der Waals surface area contributed by atoms with Gasteiger partial charge in [-0.2, -0.15) is 0 Å². The molecule has 0 spiro atoms. The largest absolute Gasteiger partial charge is 0.382 e. The normalized spacial score (nSPS) is 18.4. The molecule has 2 heteroatoms. The molecular weight excluding hydrogens is 242 g/mol. The maximum absolute atomic E-state index is 3.56. The second kappa shape index (κ2) is 3.87. The molecule has 0 amide bonds. The van der Waals surface area contributed by atoms with Gasteiger partial charge in [0.1, 0.15) is 0 Å². The molecule has 1 heterocycles. The molecule has 0 radical (unpaired) electrons. The molecule has 0 saturated carbocycles. The second-order valence-corrected chi connectivity index (χ2v) is 4.26. The van der Waals surface area contributed by atoms with E-state index in [9.17, 15) is 0 Å². The number of rotatable bonds is 0. The van der Waals surface area contributed by atoms with Crippen LogP contribution in [0.4, 0.5) is 5.69 Å². The van der Waals surface area contributed by atoms with Crippen molar-refractivity contribution < 1.29 is 21.7 Å². The molecule has 0 bridgehead atoms. The maximum atomic E-state index is 3.56. The third-order valence-electron chi connectivity index (χ3n) is 3.38. The smallest absolute Gasteiger partial charge is 0.0410 e. The van der Waals surface area contributed by atoms with Crippen LogP contribution in [0.2, 0.25) is 0 Å². The van der Waals surface area contributed by atoms with Crippen LogP contribution in [0.25, 0.3) is 11.6 Å². The molecule has 2 aliphatic rings. The SMILES string of the molecule is [Ti].[c-]1cccc2c1C=C1c3ccccc3NC12. The van der Waals surface area contributed by atoms with Crippen LogP contribution in [0.1, 0.15) is 22.7 Å². The van der Waals surface area contributed by atoms with E-state index in [1.54, 1.807) is 0 Å². The van der Waals surface area contributed by atoms with Gasteiger partial charge in [0.15, 0.2) is 0 Å². The van der Waals surface area contributed by atoms with Crippen LogP contribution in [-0.2, 0) is 21.7 Å². The zero-order valence-electron chi connectivity index (χ0n) is 9.20. The Kier molecular flexibility index (Phi) is 2.46. The summed E-state index contributed by atoms with van der Waals surface area (Å²) in [5.74, 6) is 0. The van der Waals surface area contributed by atoms with Crippen molar-refractivity contribution in [1.82, 2.24) is 0 Å². The Hall–Kier alpha value is -1.31. The van der Waals surface area contributed by atoms with E-state index in [2.05, 4.69) is 53.9 Å². The Morgan fingerprint density at radius 3 is 2.88 bits per heavy atom. The van der Waals surface area contributed by atoms with Gasteiger partial charge in [0.25, 0.3) is 0 Å². The minimum Gasteiger partial charge on any atom is -0.382 e. The Morgan fingerprint density at radius 1 is 1.06 bits per heavy atom. The van der Waals surface area contributed by atoms with Gasteiger partial charge in [-0.05, 0) is 11.6 Å². The van der Waals surface area contributed by atoms with Crippen molar-refractivity contribution in [2.45, 2.75) is 6.04 Å². The molecule has 1 unspecified atom stereocenters. The first-order valence-corrected chi connectivity index (χ1v) is 5.51. The van der Waals surface area contributed by atoms with Crippen LogP contribution >= 0.6 is 0 Å². The first-order chi connectivity index (χ1) is 7.93. The van der Waals surface area contributed by atoms with Crippen molar-refractivity contribution in [3.63, 3.8) is 0 Å². The number of hydrogen-bond donors (Lipinski definition) is 1. The van der Waals surface area contributed by atoms with Gasteiger partial charge in [-0.15, -0.1) is 41.5 Å². The number of anilines is 1. The molecule has 17 heavy (non-hydrogen) atoms. The van der Waals surface area contributed by atoms with E-state index in [1.807, 2.05) is 6.07 Å². The fraction of sp³-hybridized carbons (Fsp3) is 0.0667. The van der Waals surface area contributed by atoms with Gasteiger partial charge in [0.2, 0.25) is 0 Å². The maximum Gasteiger partial charge on any atom is 0.0410 e. The summed E-state index contributed by atoms with van der Waals surface area (Å²) in [7, 11) is 0. The quantitative estimate of drug-likeness (QED) is 0.559. The summed E-state index contributed by atoms with van der Waals surface area (Å²) < 4.78 is 0. The molecule has 1 N–H and O–H groups in total. The standard InChI is InChI=1S/C15H10N.Ti/c1-2-6-11-10(5-1)9-13-12-7-3-4-8-14(12)16-15(11)13;/h1-4,6-9,15-16H;/q-1;. The molecule has 2 aromatic carbocycles. The number of hydrogen-bond acceptors (Lipinski definition) is 1. The Balaban J connectivity index is 0.000000902. The van der Waals surface area contributed by atoms with Gasteiger partial charge in [0.05, 0.1) is 0 Å². The first kappa shape index (κ1) is 10.8. The van der Waals surface area contributed by atoms with Gasteiger partial charge < -0.3 is 5.32 Å². The molecule has 0 fully saturated rings. The van der Waals surface area contributed by atoms with E-state index in [0.717, 1.165) is 0 Å². The Bertz CT molecular complexity index is 616. The van der Waals surface area contributed by atoms with Gasteiger partial charge in [-0.1, -0.05) is 23.8 Å². The predicted octanol–water partition coefficient (Wildman–Crippen LogP) is 3.51. The molecule has 1 nitrogen and oxygen atoms in total. The molecule has 0 aromatic heterocycles. The number of nitrogens with one attached hydrogen (secondary N) is 1. The Morgan fingerprint density at radius 2 is 1.94 bits per heavy atom. The van der Waals surface area contributed by atoms with Gasteiger partial charge in [-0.25, -0.2) is 0 Å². The van der Waals surface area contributed by atoms with Crippen molar-refractivity contribution in [1.29, 1.82) is 0 Å². The fourth-order valence-corrected chi connectivity index (χ4v) is 2.65. The van der Waals surface area contributed by atoms with Crippen molar-refractivity contribution in [2.24, 2.45) is 0 Å². The molecule has 0 saturated heterocycles. The van der Waals surface area contributed by atoms with E-state index in [0.29, 0.717) is 6.04 Å². The van der Waals surface area contributed by atoms with Crippen LogP contribution in [0.15, 0.2) is 42.5 Å². The van der Waals surface area contributed by atoms with Crippen LogP contribution in [0.5, 0.6) is 0 Å². The van der Waals surface area contributed by atoms with Crippen LogP contribution in [-0.4, -0.2) is 0 Å². The number of para-hydroxylation sites is 1. The summed E-state index contributed by atoms with van der Waals surface area (Å²) in [6.07, 6.45) is 2.25. The molecule has 2 aromatic rings. The first-order valence-electron chi connectivity index (χ1n) is 5.51. The summed E-state index contributed by atoms with van der Waals surface area (Å²) in [4.78, 5) is 0. The van der Waals surface area contributed by atoms with Crippen molar-refractivity contribution in [3.05, 3.63) is 65.2 Å². The van der Waals surface area contributed by atoms with E-state index >= 15 is 0 Å².